The number of thiophene rings is 1. The van der Waals surface area contributed by atoms with Crippen LogP contribution < -0.4 is 10.9 Å². The van der Waals surface area contributed by atoms with E-state index in [-0.39, 0.29) is 16.7 Å². The van der Waals surface area contributed by atoms with E-state index in [1.54, 1.807) is 11.3 Å². The second-order valence-electron chi connectivity index (χ2n) is 6.42. The summed E-state index contributed by atoms with van der Waals surface area (Å²) in [5.41, 5.74) is 0.922. The average Bonchev–Trinajstić information content (AvgIpc) is 3.13. The maximum atomic E-state index is 12.3. The van der Waals surface area contributed by atoms with Crippen LogP contribution in [0, 0.1) is 13.8 Å². The van der Waals surface area contributed by atoms with Crippen molar-refractivity contribution in [3.63, 3.8) is 0 Å². The minimum absolute atomic E-state index is 0.0286. The molecule has 0 aromatic carbocycles. The highest BCUT2D eigenvalue weighted by molar-refractivity contribution is 8.00. The number of hydrogen-bond acceptors (Lipinski definition) is 5. The van der Waals surface area contributed by atoms with Gasteiger partial charge in [-0.15, -0.1) is 23.1 Å². The van der Waals surface area contributed by atoms with E-state index in [1.165, 1.54) is 24.6 Å². The molecule has 0 radical (unpaired) electrons. The van der Waals surface area contributed by atoms with Crippen molar-refractivity contribution in [3.8, 4) is 0 Å². The van der Waals surface area contributed by atoms with Crippen LogP contribution in [0.3, 0.4) is 0 Å². The number of nitrogens with one attached hydrogen (secondary N) is 2. The van der Waals surface area contributed by atoms with Crippen LogP contribution >= 0.6 is 23.1 Å². The molecule has 2 aromatic heterocycles. The molecule has 2 heterocycles. The Hall–Kier alpha value is -1.34. The second kappa shape index (κ2) is 7.27. The zero-order valence-corrected chi connectivity index (χ0v) is 15.9. The topological polar surface area (TPSA) is 74.8 Å². The van der Waals surface area contributed by atoms with E-state index in [9.17, 15) is 9.59 Å². The van der Waals surface area contributed by atoms with Crippen LogP contribution in [0.1, 0.15) is 54.1 Å². The fourth-order valence-corrected chi connectivity index (χ4v) is 4.87. The molecule has 1 atom stereocenters. The first-order valence-corrected chi connectivity index (χ1v) is 10.2. The number of aromatic nitrogens is 2. The maximum absolute atomic E-state index is 12.3. The number of carbonyl (C=O) groups is 1. The van der Waals surface area contributed by atoms with Crippen molar-refractivity contribution in [1.29, 1.82) is 0 Å². The van der Waals surface area contributed by atoms with Crippen molar-refractivity contribution in [2.75, 3.05) is 5.75 Å². The fraction of sp³-hybridized carbons (Fsp3) is 0.588. The third-order valence-electron chi connectivity index (χ3n) is 4.63. The van der Waals surface area contributed by atoms with E-state index >= 15 is 0 Å². The smallest absolute Gasteiger partial charge is 0.259 e. The van der Waals surface area contributed by atoms with Gasteiger partial charge in [-0.2, -0.15) is 0 Å². The van der Waals surface area contributed by atoms with Gasteiger partial charge in [-0.1, -0.05) is 12.8 Å². The van der Waals surface area contributed by atoms with Crippen molar-refractivity contribution in [1.82, 2.24) is 15.3 Å². The number of thioether (sulfide) groups is 1. The highest BCUT2D eigenvalue weighted by Gasteiger charge is 2.19. The molecule has 2 N–H and O–H groups in total. The quantitative estimate of drug-likeness (QED) is 0.851. The molecule has 0 bridgehead atoms. The summed E-state index contributed by atoms with van der Waals surface area (Å²) in [5, 5.41) is 3.75. The predicted molar refractivity (Wildman–Crippen MR) is 101 cm³/mol. The van der Waals surface area contributed by atoms with Crippen molar-refractivity contribution in [2.24, 2.45) is 0 Å². The van der Waals surface area contributed by atoms with Gasteiger partial charge in [-0.25, -0.2) is 4.98 Å². The van der Waals surface area contributed by atoms with E-state index in [2.05, 4.69) is 15.3 Å². The lowest BCUT2D eigenvalue weighted by Crippen LogP contribution is -2.34. The van der Waals surface area contributed by atoms with Gasteiger partial charge in [-0.05, 0) is 39.2 Å². The van der Waals surface area contributed by atoms with Crippen molar-refractivity contribution in [2.45, 2.75) is 57.7 Å². The lowest BCUT2D eigenvalue weighted by Gasteiger charge is -2.14. The van der Waals surface area contributed by atoms with Crippen molar-refractivity contribution < 1.29 is 4.79 Å². The molecule has 130 valence electrons. The summed E-state index contributed by atoms with van der Waals surface area (Å²) in [7, 11) is 0. The number of amides is 1. The van der Waals surface area contributed by atoms with Crippen LogP contribution in [0.2, 0.25) is 0 Å². The summed E-state index contributed by atoms with van der Waals surface area (Å²) in [4.78, 5) is 33.8. The molecule has 2 aromatic rings. The molecule has 1 fully saturated rings. The SMILES string of the molecule is Cc1sc2nc([C@H](C)SCC(=O)NC3CCCC3)[nH]c(=O)c2c1C. The molecule has 5 nitrogen and oxygen atoms in total. The summed E-state index contributed by atoms with van der Waals surface area (Å²) >= 11 is 3.06. The van der Waals surface area contributed by atoms with Gasteiger partial charge in [0.25, 0.3) is 5.56 Å². The molecule has 0 aliphatic heterocycles. The van der Waals surface area contributed by atoms with Gasteiger partial charge in [0, 0.05) is 10.9 Å². The molecular weight excluding hydrogens is 342 g/mol. The third kappa shape index (κ3) is 3.67. The highest BCUT2D eigenvalue weighted by Crippen LogP contribution is 2.30. The van der Waals surface area contributed by atoms with E-state index in [1.807, 2.05) is 20.8 Å². The Bertz CT molecular complexity index is 806. The second-order valence-corrected chi connectivity index (χ2v) is 8.95. The highest BCUT2D eigenvalue weighted by atomic mass is 32.2. The van der Waals surface area contributed by atoms with E-state index < -0.39 is 0 Å². The average molecular weight is 366 g/mol. The van der Waals surface area contributed by atoms with Gasteiger partial charge in [0.05, 0.1) is 16.4 Å². The van der Waals surface area contributed by atoms with Gasteiger partial charge in [0.1, 0.15) is 10.7 Å². The monoisotopic (exact) mass is 365 g/mol. The number of carbonyl (C=O) groups excluding carboxylic acids is 1. The number of fused-ring (bicyclic) bond motifs is 1. The zero-order valence-electron chi connectivity index (χ0n) is 14.3. The summed E-state index contributed by atoms with van der Waals surface area (Å²) in [6.45, 7) is 5.94. The lowest BCUT2D eigenvalue weighted by molar-refractivity contribution is -0.119. The normalized spacial score (nSPS) is 16.6. The minimum atomic E-state index is -0.0836. The Morgan fingerprint density at radius 3 is 2.83 bits per heavy atom. The minimum Gasteiger partial charge on any atom is -0.353 e. The van der Waals surface area contributed by atoms with Crippen LogP contribution in [-0.4, -0.2) is 27.7 Å². The molecular formula is C17H23N3O2S2. The molecule has 1 aliphatic carbocycles. The number of hydrogen-bond donors (Lipinski definition) is 2. The Labute approximate surface area is 149 Å². The molecule has 0 spiro atoms. The van der Waals surface area contributed by atoms with Crippen molar-refractivity contribution >= 4 is 39.2 Å². The summed E-state index contributed by atoms with van der Waals surface area (Å²) in [6, 6.07) is 0.347. The number of aryl methyl sites for hydroxylation is 2. The number of aromatic amines is 1. The summed E-state index contributed by atoms with van der Waals surface area (Å²) in [5.74, 6) is 1.11. The molecule has 3 rings (SSSR count). The molecule has 1 amide bonds. The first-order valence-electron chi connectivity index (χ1n) is 8.36. The molecule has 24 heavy (non-hydrogen) atoms. The first kappa shape index (κ1) is 17.5. The van der Waals surface area contributed by atoms with E-state index in [0.29, 0.717) is 23.0 Å². The van der Waals surface area contributed by atoms with Crippen LogP contribution in [0.5, 0.6) is 0 Å². The van der Waals surface area contributed by atoms with Gasteiger partial charge in [-0.3, -0.25) is 9.59 Å². The molecule has 0 saturated heterocycles. The van der Waals surface area contributed by atoms with Gasteiger partial charge in [0.2, 0.25) is 5.91 Å². The van der Waals surface area contributed by atoms with E-state index in [4.69, 9.17) is 0 Å². The van der Waals surface area contributed by atoms with Crippen LogP contribution in [0.4, 0.5) is 0 Å². The van der Waals surface area contributed by atoms with Gasteiger partial charge in [0.15, 0.2) is 0 Å². The van der Waals surface area contributed by atoms with Crippen LogP contribution in [0.25, 0.3) is 10.2 Å². The Kier molecular flexibility index (Phi) is 5.30. The maximum Gasteiger partial charge on any atom is 0.259 e. The van der Waals surface area contributed by atoms with E-state index in [0.717, 1.165) is 28.1 Å². The predicted octanol–water partition coefficient (Wildman–Crippen LogP) is 3.45. The summed E-state index contributed by atoms with van der Waals surface area (Å²) < 4.78 is 0. The Morgan fingerprint density at radius 1 is 1.42 bits per heavy atom. The zero-order chi connectivity index (χ0) is 17.3. The van der Waals surface area contributed by atoms with Crippen LogP contribution in [0.15, 0.2) is 4.79 Å². The van der Waals surface area contributed by atoms with Gasteiger partial charge < -0.3 is 10.3 Å². The van der Waals surface area contributed by atoms with Gasteiger partial charge >= 0.3 is 0 Å². The van der Waals surface area contributed by atoms with Crippen LogP contribution in [-0.2, 0) is 4.79 Å². The summed E-state index contributed by atoms with van der Waals surface area (Å²) in [6.07, 6.45) is 4.60. The molecule has 1 saturated carbocycles. The largest absolute Gasteiger partial charge is 0.353 e. The number of rotatable bonds is 5. The fourth-order valence-electron chi connectivity index (χ4n) is 3.08. The lowest BCUT2D eigenvalue weighted by atomic mass is 10.2. The Morgan fingerprint density at radius 2 is 2.12 bits per heavy atom. The third-order valence-corrected chi connectivity index (χ3v) is 6.88. The van der Waals surface area contributed by atoms with Crippen molar-refractivity contribution in [3.05, 3.63) is 26.6 Å². The number of nitrogens with zero attached hydrogens (tertiary/aromatic N) is 1. The molecule has 0 unspecified atom stereocenters. The standard InChI is InChI=1S/C17H23N3O2S2/c1-9-10(2)24-17-14(9)16(22)19-15(20-17)11(3)23-8-13(21)18-12-6-4-5-7-12/h11-12H,4-8H2,1-3H3,(H,18,21)(H,19,20,22)/t11-/m0/s1. The molecule has 7 heteroatoms. The molecule has 1 aliphatic rings. The first-order chi connectivity index (χ1) is 11.5. The number of H-pyrrole nitrogens is 1. The Balaban J connectivity index is 1.66.